The zero-order valence-electron chi connectivity index (χ0n) is 11.3. The van der Waals surface area contributed by atoms with Gasteiger partial charge in [-0.05, 0) is 38.2 Å². The molecule has 1 aromatic carbocycles. The van der Waals surface area contributed by atoms with Crippen molar-refractivity contribution in [2.24, 2.45) is 0 Å². The number of hydrogen-bond donors (Lipinski definition) is 2. The van der Waals surface area contributed by atoms with Crippen LogP contribution in [0.25, 0.3) is 10.9 Å². The number of alkyl halides is 3. The first kappa shape index (κ1) is 15.3. The lowest BCUT2D eigenvalue weighted by molar-refractivity contribution is -0.137. The second kappa shape index (κ2) is 5.72. The third-order valence-electron chi connectivity index (χ3n) is 3.12. The van der Waals surface area contributed by atoms with E-state index in [0.717, 1.165) is 22.8 Å². The highest BCUT2D eigenvalue weighted by molar-refractivity contribution is 5.78. The summed E-state index contributed by atoms with van der Waals surface area (Å²) in [6, 6.07) is 2.70. The summed E-state index contributed by atoms with van der Waals surface area (Å²) in [7, 11) is 1.74. The lowest BCUT2D eigenvalue weighted by atomic mass is 10.1. The third kappa shape index (κ3) is 3.15. The van der Waals surface area contributed by atoms with Crippen LogP contribution in [-0.4, -0.2) is 23.1 Å². The molecule has 0 saturated carbocycles. The first-order valence-corrected chi connectivity index (χ1v) is 6.33. The van der Waals surface area contributed by atoms with Crippen LogP contribution in [0.4, 0.5) is 13.2 Å². The van der Waals surface area contributed by atoms with Crippen molar-refractivity contribution >= 4 is 10.9 Å². The van der Waals surface area contributed by atoms with Crippen LogP contribution < -0.4 is 16.6 Å². The molecule has 0 amide bonds. The molecule has 0 atom stereocenters. The fraction of sp³-hybridized carbons (Fsp3) is 0.385. The molecule has 0 aliphatic carbocycles. The maximum absolute atomic E-state index is 12.6. The van der Waals surface area contributed by atoms with E-state index < -0.39 is 23.0 Å². The number of rotatable bonds is 4. The molecule has 2 rings (SSSR count). The Bertz CT molecular complexity index is 762. The molecule has 2 aromatic rings. The molecule has 0 aliphatic heterocycles. The van der Waals surface area contributed by atoms with Crippen LogP contribution in [0, 0.1) is 0 Å². The van der Waals surface area contributed by atoms with Gasteiger partial charge in [0.25, 0.3) is 5.56 Å². The van der Waals surface area contributed by atoms with Gasteiger partial charge in [0, 0.05) is 6.54 Å². The number of fused-ring (bicyclic) bond motifs is 1. The standard InChI is InChI=1S/C13H14F3N3O2/c1-17-5-2-6-19-11(20)9-4-3-8(13(14,15)16)7-10(9)18-12(19)21/h3-4,7,17H,2,5-6H2,1H3,(H,18,21). The summed E-state index contributed by atoms with van der Waals surface area (Å²) >= 11 is 0. The predicted octanol–water partition coefficient (Wildman–Crippen LogP) is 1.32. The third-order valence-corrected chi connectivity index (χ3v) is 3.12. The van der Waals surface area contributed by atoms with E-state index in [2.05, 4.69) is 10.3 Å². The van der Waals surface area contributed by atoms with Gasteiger partial charge in [0.05, 0.1) is 16.5 Å². The Morgan fingerprint density at radius 3 is 2.62 bits per heavy atom. The van der Waals surface area contributed by atoms with Crippen LogP contribution in [0.2, 0.25) is 0 Å². The number of nitrogens with one attached hydrogen (secondary N) is 2. The molecule has 0 spiro atoms. The van der Waals surface area contributed by atoms with Gasteiger partial charge in [-0.25, -0.2) is 4.79 Å². The van der Waals surface area contributed by atoms with Crippen molar-refractivity contribution in [1.82, 2.24) is 14.9 Å². The van der Waals surface area contributed by atoms with Crippen LogP contribution in [0.5, 0.6) is 0 Å². The summed E-state index contributed by atoms with van der Waals surface area (Å²) < 4.78 is 38.9. The van der Waals surface area contributed by atoms with Crippen LogP contribution in [0.3, 0.4) is 0 Å². The van der Waals surface area contributed by atoms with Crippen LogP contribution >= 0.6 is 0 Å². The smallest absolute Gasteiger partial charge is 0.320 e. The van der Waals surface area contributed by atoms with Crippen molar-refractivity contribution in [2.75, 3.05) is 13.6 Å². The van der Waals surface area contributed by atoms with Crippen LogP contribution in [0.15, 0.2) is 27.8 Å². The second-order valence-corrected chi connectivity index (χ2v) is 4.60. The maximum atomic E-state index is 12.6. The highest BCUT2D eigenvalue weighted by Crippen LogP contribution is 2.30. The van der Waals surface area contributed by atoms with E-state index in [4.69, 9.17) is 0 Å². The quantitative estimate of drug-likeness (QED) is 0.837. The molecule has 0 bridgehead atoms. The van der Waals surface area contributed by atoms with Crippen molar-refractivity contribution in [3.63, 3.8) is 0 Å². The summed E-state index contributed by atoms with van der Waals surface area (Å²) in [6.07, 6.45) is -3.96. The lowest BCUT2D eigenvalue weighted by Gasteiger charge is -2.09. The van der Waals surface area contributed by atoms with Gasteiger partial charge in [-0.15, -0.1) is 0 Å². The van der Waals surface area contributed by atoms with E-state index in [1.807, 2.05) is 0 Å². The minimum atomic E-state index is -4.52. The van der Waals surface area contributed by atoms with Gasteiger partial charge in [-0.3, -0.25) is 9.36 Å². The van der Waals surface area contributed by atoms with Gasteiger partial charge in [-0.1, -0.05) is 0 Å². The molecule has 0 radical (unpaired) electrons. The van der Waals surface area contributed by atoms with Gasteiger partial charge in [-0.2, -0.15) is 13.2 Å². The Morgan fingerprint density at radius 2 is 2.00 bits per heavy atom. The van der Waals surface area contributed by atoms with Crippen molar-refractivity contribution in [1.29, 1.82) is 0 Å². The summed E-state index contributed by atoms with van der Waals surface area (Å²) in [6.45, 7) is 0.822. The molecule has 0 aliphatic rings. The minimum Gasteiger partial charge on any atom is -0.320 e. The number of aromatic nitrogens is 2. The van der Waals surface area contributed by atoms with Gasteiger partial charge in [0.15, 0.2) is 0 Å². The van der Waals surface area contributed by atoms with E-state index in [9.17, 15) is 22.8 Å². The number of halogens is 3. The predicted molar refractivity (Wildman–Crippen MR) is 72.4 cm³/mol. The molecule has 0 saturated heterocycles. The number of hydrogen-bond acceptors (Lipinski definition) is 3. The SMILES string of the molecule is CNCCCn1c(=O)[nH]c2cc(C(F)(F)F)ccc2c1=O. The second-order valence-electron chi connectivity index (χ2n) is 4.60. The molecule has 8 heteroatoms. The Morgan fingerprint density at radius 1 is 1.29 bits per heavy atom. The number of aromatic amines is 1. The molecule has 21 heavy (non-hydrogen) atoms. The first-order chi connectivity index (χ1) is 9.84. The van der Waals surface area contributed by atoms with Gasteiger partial charge >= 0.3 is 11.9 Å². The van der Waals surface area contributed by atoms with Crippen LogP contribution in [0.1, 0.15) is 12.0 Å². The average molecular weight is 301 g/mol. The maximum Gasteiger partial charge on any atom is 0.416 e. The number of benzene rings is 1. The normalized spacial score (nSPS) is 12.0. The fourth-order valence-electron chi connectivity index (χ4n) is 2.05. The van der Waals surface area contributed by atoms with E-state index >= 15 is 0 Å². The minimum absolute atomic E-state index is 0.0621. The van der Waals surface area contributed by atoms with E-state index in [1.54, 1.807) is 7.05 Å². The topological polar surface area (TPSA) is 66.9 Å². The molecular formula is C13H14F3N3O2. The molecule has 1 heterocycles. The molecular weight excluding hydrogens is 287 g/mol. The number of H-pyrrole nitrogens is 1. The Labute approximate surface area is 117 Å². The van der Waals surface area contributed by atoms with Crippen molar-refractivity contribution < 1.29 is 13.2 Å². The first-order valence-electron chi connectivity index (χ1n) is 6.33. The van der Waals surface area contributed by atoms with Crippen molar-refractivity contribution in [2.45, 2.75) is 19.1 Å². The van der Waals surface area contributed by atoms with Crippen molar-refractivity contribution in [3.05, 3.63) is 44.6 Å². The molecule has 5 nitrogen and oxygen atoms in total. The Hall–Kier alpha value is -2.09. The summed E-state index contributed by atoms with van der Waals surface area (Å²) in [5.74, 6) is 0. The van der Waals surface area contributed by atoms with E-state index in [0.29, 0.717) is 13.0 Å². The highest BCUT2D eigenvalue weighted by Gasteiger charge is 2.30. The highest BCUT2D eigenvalue weighted by atomic mass is 19.4. The molecule has 1 aromatic heterocycles. The molecule has 0 fully saturated rings. The average Bonchev–Trinajstić information content (AvgIpc) is 2.41. The van der Waals surface area contributed by atoms with E-state index in [-0.39, 0.29) is 17.4 Å². The molecule has 114 valence electrons. The van der Waals surface area contributed by atoms with Gasteiger partial charge in [0.1, 0.15) is 0 Å². The van der Waals surface area contributed by atoms with Gasteiger partial charge < -0.3 is 10.3 Å². The molecule has 0 unspecified atom stereocenters. The summed E-state index contributed by atoms with van der Waals surface area (Å²) in [5, 5.41) is 2.95. The van der Waals surface area contributed by atoms with Crippen molar-refractivity contribution in [3.8, 4) is 0 Å². The number of nitrogens with zero attached hydrogens (tertiary/aromatic N) is 1. The van der Waals surface area contributed by atoms with E-state index in [1.165, 1.54) is 0 Å². The van der Waals surface area contributed by atoms with Gasteiger partial charge in [0.2, 0.25) is 0 Å². The monoisotopic (exact) mass is 301 g/mol. The fourth-order valence-corrected chi connectivity index (χ4v) is 2.05. The van der Waals surface area contributed by atoms with Crippen LogP contribution in [-0.2, 0) is 12.7 Å². The Balaban J connectivity index is 2.53. The lowest BCUT2D eigenvalue weighted by Crippen LogP contribution is -2.35. The zero-order valence-corrected chi connectivity index (χ0v) is 11.3. The summed E-state index contributed by atoms with van der Waals surface area (Å²) in [5.41, 5.74) is -2.30. The zero-order chi connectivity index (χ0) is 15.6. The summed E-state index contributed by atoms with van der Waals surface area (Å²) in [4.78, 5) is 26.3. The Kier molecular flexibility index (Phi) is 4.17. The largest absolute Gasteiger partial charge is 0.416 e. The molecule has 2 N–H and O–H groups in total.